The highest BCUT2D eigenvalue weighted by atomic mass is 15.3. The van der Waals surface area contributed by atoms with Gasteiger partial charge in [0.1, 0.15) is 12.1 Å². The number of benzene rings is 1. The van der Waals surface area contributed by atoms with Gasteiger partial charge < -0.3 is 0 Å². The van der Waals surface area contributed by atoms with E-state index in [1.807, 2.05) is 16.8 Å². The topological polar surface area (TPSA) is 26.1 Å². The molecular weight excluding hydrogens is 248 g/mol. The fourth-order valence-electron chi connectivity index (χ4n) is 3.46. The minimum absolute atomic E-state index is 0.944. The third kappa shape index (κ3) is 1.04. The van der Waals surface area contributed by atoms with Crippen LogP contribution in [-0.4, -0.2) is 14.2 Å². The van der Waals surface area contributed by atoms with Crippen LogP contribution in [0, 0.1) is 0 Å². The summed E-state index contributed by atoms with van der Waals surface area (Å²) in [5.74, 6) is 1.29. The summed E-state index contributed by atoms with van der Waals surface area (Å²) in [5, 5.41) is 4.40. The maximum atomic E-state index is 4.40. The number of aryl methyl sites for hydroxylation is 1. The fourth-order valence-corrected chi connectivity index (χ4v) is 3.46. The van der Waals surface area contributed by atoms with E-state index in [9.17, 15) is 0 Å². The van der Waals surface area contributed by atoms with Crippen molar-refractivity contribution in [3.8, 4) is 11.4 Å². The van der Waals surface area contributed by atoms with E-state index >= 15 is 0 Å². The predicted octanol–water partition coefficient (Wildman–Crippen LogP) is 2.14. The van der Waals surface area contributed by atoms with Gasteiger partial charge in [0.05, 0.1) is 18.8 Å². The first-order valence-electron chi connectivity index (χ1n) is 6.77. The third-order valence-electron chi connectivity index (χ3n) is 4.29. The molecule has 0 saturated heterocycles. The van der Waals surface area contributed by atoms with E-state index < -0.39 is 0 Å². The van der Waals surface area contributed by atoms with Crippen LogP contribution in [-0.2, 0) is 13.6 Å². The van der Waals surface area contributed by atoms with Gasteiger partial charge in [-0.05, 0) is 18.2 Å². The highest BCUT2D eigenvalue weighted by Crippen LogP contribution is 2.34. The largest absolute Gasteiger partial charge is 0.290 e. The molecule has 20 heavy (non-hydrogen) atoms. The lowest BCUT2D eigenvalue weighted by atomic mass is 10.1. The molecule has 96 valence electrons. The van der Waals surface area contributed by atoms with E-state index in [1.54, 1.807) is 0 Å². The SMILES string of the molecule is C[n+]1c2n(c3cn4ncccc4c31)Cc1ccccc1-2. The molecule has 4 aromatic rings. The number of nitrogens with zero attached hydrogens (tertiary/aromatic N) is 4. The summed E-state index contributed by atoms with van der Waals surface area (Å²) in [6.07, 6.45) is 3.95. The summed E-state index contributed by atoms with van der Waals surface area (Å²) >= 11 is 0. The van der Waals surface area contributed by atoms with Crippen molar-refractivity contribution in [1.82, 2.24) is 14.2 Å². The molecule has 3 aromatic heterocycles. The first-order valence-corrected chi connectivity index (χ1v) is 6.77. The van der Waals surface area contributed by atoms with Gasteiger partial charge in [-0.25, -0.2) is 13.6 Å². The van der Waals surface area contributed by atoms with Crippen molar-refractivity contribution >= 4 is 16.6 Å². The maximum Gasteiger partial charge on any atom is 0.290 e. The lowest BCUT2D eigenvalue weighted by molar-refractivity contribution is -0.633. The molecule has 0 spiro atoms. The number of aromatic nitrogens is 4. The summed E-state index contributed by atoms with van der Waals surface area (Å²) in [5.41, 5.74) is 6.39. The average molecular weight is 261 g/mol. The summed E-state index contributed by atoms with van der Waals surface area (Å²) in [6, 6.07) is 12.8. The molecule has 4 heteroatoms. The van der Waals surface area contributed by atoms with Gasteiger partial charge in [0.25, 0.3) is 5.82 Å². The summed E-state index contributed by atoms with van der Waals surface area (Å²) in [6.45, 7) is 0.944. The first kappa shape index (κ1) is 10.2. The second-order valence-corrected chi connectivity index (χ2v) is 5.34. The number of fused-ring (bicyclic) bond motifs is 7. The Morgan fingerprint density at radius 1 is 1.10 bits per heavy atom. The van der Waals surface area contributed by atoms with Crippen molar-refractivity contribution < 1.29 is 4.57 Å². The predicted molar refractivity (Wildman–Crippen MR) is 76.4 cm³/mol. The molecule has 0 unspecified atom stereocenters. The smallest absolute Gasteiger partial charge is 0.232 e. The van der Waals surface area contributed by atoms with Crippen molar-refractivity contribution in [1.29, 1.82) is 0 Å². The Morgan fingerprint density at radius 3 is 2.95 bits per heavy atom. The van der Waals surface area contributed by atoms with E-state index in [4.69, 9.17) is 0 Å². The van der Waals surface area contributed by atoms with Crippen molar-refractivity contribution in [2.24, 2.45) is 7.05 Å². The second-order valence-electron chi connectivity index (χ2n) is 5.34. The second kappa shape index (κ2) is 3.28. The van der Waals surface area contributed by atoms with Crippen molar-refractivity contribution in [3.05, 3.63) is 54.4 Å². The van der Waals surface area contributed by atoms with Crippen LogP contribution < -0.4 is 4.57 Å². The first-order chi connectivity index (χ1) is 9.84. The number of hydrogen-bond donors (Lipinski definition) is 0. The van der Waals surface area contributed by atoms with Crippen LogP contribution in [0.1, 0.15) is 5.56 Å². The van der Waals surface area contributed by atoms with Crippen LogP contribution in [0.5, 0.6) is 0 Å². The summed E-state index contributed by atoms with van der Waals surface area (Å²) in [7, 11) is 2.14. The van der Waals surface area contributed by atoms with Crippen LogP contribution in [0.3, 0.4) is 0 Å². The van der Waals surface area contributed by atoms with Gasteiger partial charge in [0.15, 0.2) is 5.52 Å². The maximum absolute atomic E-state index is 4.40. The zero-order valence-corrected chi connectivity index (χ0v) is 11.1. The van der Waals surface area contributed by atoms with Crippen LogP contribution in [0.15, 0.2) is 48.8 Å². The Hall–Kier alpha value is -2.62. The average Bonchev–Trinajstić information content (AvgIpc) is 3.10. The van der Waals surface area contributed by atoms with Gasteiger partial charge in [0, 0.05) is 11.8 Å². The molecule has 0 aliphatic carbocycles. The number of hydrogen-bond acceptors (Lipinski definition) is 1. The molecule has 0 radical (unpaired) electrons. The molecule has 0 atom stereocenters. The minimum atomic E-state index is 0.944. The molecule has 0 fully saturated rings. The minimum Gasteiger partial charge on any atom is -0.232 e. The van der Waals surface area contributed by atoms with Gasteiger partial charge in [0.2, 0.25) is 5.52 Å². The zero-order chi connectivity index (χ0) is 13.3. The van der Waals surface area contributed by atoms with Crippen LogP contribution in [0.25, 0.3) is 27.9 Å². The lowest BCUT2D eigenvalue weighted by Gasteiger charge is -1.96. The van der Waals surface area contributed by atoms with Gasteiger partial charge >= 0.3 is 0 Å². The van der Waals surface area contributed by atoms with Gasteiger partial charge in [-0.1, -0.05) is 18.2 Å². The molecule has 0 N–H and O–H groups in total. The number of rotatable bonds is 0. The highest BCUT2D eigenvalue weighted by Gasteiger charge is 2.33. The van der Waals surface area contributed by atoms with Crippen LogP contribution in [0.4, 0.5) is 0 Å². The Balaban J connectivity index is 1.98. The molecule has 5 rings (SSSR count). The third-order valence-corrected chi connectivity index (χ3v) is 4.29. The zero-order valence-electron chi connectivity index (χ0n) is 11.1. The standard InChI is InChI=1S/C16H13N4/c1-18-15-13-7-4-8-17-20(13)10-14(15)19-9-11-5-2-3-6-12(11)16(18)19/h2-8,10H,9H2,1H3/q+1. The molecule has 1 aliphatic heterocycles. The quantitative estimate of drug-likeness (QED) is 0.392. The van der Waals surface area contributed by atoms with E-state index in [-0.39, 0.29) is 0 Å². The van der Waals surface area contributed by atoms with E-state index in [0.29, 0.717) is 0 Å². The van der Waals surface area contributed by atoms with Crippen molar-refractivity contribution in [3.63, 3.8) is 0 Å². The highest BCUT2D eigenvalue weighted by molar-refractivity contribution is 5.91. The normalized spacial score (nSPS) is 13.1. The van der Waals surface area contributed by atoms with Crippen molar-refractivity contribution in [2.75, 3.05) is 0 Å². The molecular formula is C16H13N4+. The molecule has 4 nitrogen and oxygen atoms in total. The Kier molecular flexibility index (Phi) is 1.67. The van der Waals surface area contributed by atoms with Gasteiger partial charge in [-0.2, -0.15) is 5.10 Å². The van der Waals surface area contributed by atoms with E-state index in [0.717, 1.165) is 12.1 Å². The molecule has 1 aliphatic rings. The van der Waals surface area contributed by atoms with Gasteiger partial charge in [-0.3, -0.25) is 0 Å². The van der Waals surface area contributed by atoms with Gasteiger partial charge in [-0.15, -0.1) is 0 Å². The molecule has 0 bridgehead atoms. The molecule has 1 aromatic carbocycles. The fraction of sp³-hybridized carbons (Fsp3) is 0.125. The van der Waals surface area contributed by atoms with E-state index in [2.05, 4.69) is 57.8 Å². The Bertz CT molecular complexity index is 990. The molecule has 0 amide bonds. The number of imidazole rings is 1. The monoisotopic (exact) mass is 261 g/mol. The summed E-state index contributed by atoms with van der Waals surface area (Å²) in [4.78, 5) is 0. The Morgan fingerprint density at radius 2 is 2.00 bits per heavy atom. The molecule has 4 heterocycles. The van der Waals surface area contributed by atoms with Crippen LogP contribution in [0.2, 0.25) is 0 Å². The Labute approximate surface area is 115 Å². The van der Waals surface area contributed by atoms with E-state index in [1.165, 1.54) is 28.0 Å². The van der Waals surface area contributed by atoms with Crippen molar-refractivity contribution in [2.45, 2.75) is 6.54 Å². The lowest BCUT2D eigenvalue weighted by Crippen LogP contribution is -2.29. The summed E-state index contributed by atoms with van der Waals surface area (Å²) < 4.78 is 6.63. The molecule has 0 saturated carbocycles. The van der Waals surface area contributed by atoms with Crippen LogP contribution >= 0.6 is 0 Å².